The summed E-state index contributed by atoms with van der Waals surface area (Å²) in [5.41, 5.74) is 7.11. The number of fused-ring (bicyclic) bond motifs is 1. The maximum Gasteiger partial charge on any atom is 0.293 e. The Morgan fingerprint density at radius 1 is 1.11 bits per heavy atom. The summed E-state index contributed by atoms with van der Waals surface area (Å²) in [6, 6.07) is 14.0. The second-order valence-electron chi connectivity index (χ2n) is 7.36. The van der Waals surface area contributed by atoms with Gasteiger partial charge in [-0.15, -0.1) is 16.4 Å². The molecule has 1 aliphatic carbocycles. The summed E-state index contributed by atoms with van der Waals surface area (Å²) in [7, 11) is 0. The zero-order valence-electron chi connectivity index (χ0n) is 14.9. The van der Waals surface area contributed by atoms with E-state index in [1.807, 2.05) is 52.7 Å². The first-order valence-electron chi connectivity index (χ1n) is 9.32. The van der Waals surface area contributed by atoms with Crippen LogP contribution in [0.2, 0.25) is 0 Å². The summed E-state index contributed by atoms with van der Waals surface area (Å²) >= 11 is 1.59. The third-order valence-electron chi connectivity index (χ3n) is 5.74. The van der Waals surface area contributed by atoms with Crippen LogP contribution in [0.3, 0.4) is 0 Å². The molecule has 1 aliphatic heterocycles. The van der Waals surface area contributed by atoms with Crippen LogP contribution in [0, 0.1) is 11.8 Å². The number of hydrogen-bond donors (Lipinski definition) is 1. The Kier molecular flexibility index (Phi) is 4.06. The Hall–Kier alpha value is -2.51. The number of hydrogen-bond acceptors (Lipinski definition) is 5. The van der Waals surface area contributed by atoms with Crippen molar-refractivity contribution in [1.82, 2.24) is 19.7 Å². The molecule has 6 nitrogen and oxygen atoms in total. The maximum atomic E-state index is 13.1. The predicted octanol–water partition coefficient (Wildman–Crippen LogP) is 2.81. The van der Waals surface area contributed by atoms with Crippen molar-refractivity contribution in [2.45, 2.75) is 18.9 Å². The highest BCUT2D eigenvalue weighted by Crippen LogP contribution is 2.37. The molecule has 7 heteroatoms. The van der Waals surface area contributed by atoms with Crippen molar-refractivity contribution in [1.29, 1.82) is 0 Å². The maximum absolute atomic E-state index is 13.1. The Bertz CT molecular complexity index is 952. The molecular formula is C20H21N5OS. The first-order valence-corrected chi connectivity index (χ1v) is 10.2. The van der Waals surface area contributed by atoms with Crippen molar-refractivity contribution in [3.63, 3.8) is 0 Å². The number of aromatic nitrogens is 3. The number of carbonyl (C=O) groups excluding carboxylic acids is 1. The molecule has 27 heavy (non-hydrogen) atoms. The van der Waals surface area contributed by atoms with Crippen molar-refractivity contribution in [2.75, 3.05) is 13.1 Å². The predicted molar refractivity (Wildman–Crippen MR) is 105 cm³/mol. The molecule has 3 aromatic rings. The van der Waals surface area contributed by atoms with Crippen molar-refractivity contribution >= 4 is 17.2 Å². The summed E-state index contributed by atoms with van der Waals surface area (Å²) in [5.74, 6) is 1.81. The summed E-state index contributed by atoms with van der Waals surface area (Å²) in [4.78, 5) is 20.6. The fourth-order valence-electron chi connectivity index (χ4n) is 4.33. The van der Waals surface area contributed by atoms with Gasteiger partial charge in [0.25, 0.3) is 5.91 Å². The molecule has 2 fully saturated rings. The highest BCUT2D eigenvalue weighted by atomic mass is 32.1. The topological polar surface area (TPSA) is 77.0 Å². The second kappa shape index (κ2) is 6.58. The first kappa shape index (κ1) is 16.6. The molecule has 3 unspecified atom stereocenters. The van der Waals surface area contributed by atoms with Gasteiger partial charge in [0.05, 0.1) is 10.6 Å². The Labute approximate surface area is 161 Å². The first-order chi connectivity index (χ1) is 13.2. The van der Waals surface area contributed by atoms with E-state index in [1.54, 1.807) is 16.0 Å². The molecule has 2 aromatic heterocycles. The van der Waals surface area contributed by atoms with Crippen molar-refractivity contribution < 1.29 is 4.79 Å². The van der Waals surface area contributed by atoms with Crippen LogP contribution in [0.5, 0.6) is 0 Å². The third-order valence-corrected chi connectivity index (χ3v) is 6.61. The zero-order valence-corrected chi connectivity index (χ0v) is 15.7. The summed E-state index contributed by atoms with van der Waals surface area (Å²) < 4.78 is 1.77. The molecule has 3 atom stereocenters. The minimum absolute atomic E-state index is 0.0934. The minimum Gasteiger partial charge on any atom is -0.335 e. The lowest BCUT2D eigenvalue weighted by Gasteiger charge is -2.16. The highest BCUT2D eigenvalue weighted by Gasteiger charge is 2.43. The van der Waals surface area contributed by atoms with Gasteiger partial charge in [-0.1, -0.05) is 24.3 Å². The number of carbonyl (C=O) groups is 1. The number of likely N-dealkylation sites (tertiary alicyclic amines) is 1. The molecule has 1 aromatic carbocycles. The summed E-state index contributed by atoms with van der Waals surface area (Å²) in [5, 5.41) is 6.59. The van der Waals surface area contributed by atoms with E-state index in [0.29, 0.717) is 17.7 Å². The molecule has 0 bridgehead atoms. The van der Waals surface area contributed by atoms with Gasteiger partial charge in [-0.05, 0) is 48.3 Å². The van der Waals surface area contributed by atoms with E-state index in [9.17, 15) is 4.79 Å². The van der Waals surface area contributed by atoms with Crippen LogP contribution < -0.4 is 5.73 Å². The molecule has 0 radical (unpaired) electrons. The molecule has 2 N–H and O–H groups in total. The van der Waals surface area contributed by atoms with Crippen LogP contribution in [0.4, 0.5) is 0 Å². The molecule has 138 valence electrons. The number of benzene rings is 1. The van der Waals surface area contributed by atoms with E-state index in [2.05, 4.69) is 10.1 Å². The molecule has 1 amide bonds. The van der Waals surface area contributed by atoms with Gasteiger partial charge in [-0.2, -0.15) is 0 Å². The Morgan fingerprint density at radius 3 is 2.70 bits per heavy atom. The van der Waals surface area contributed by atoms with Crippen molar-refractivity contribution in [2.24, 2.45) is 17.6 Å². The highest BCUT2D eigenvalue weighted by molar-refractivity contribution is 7.13. The van der Waals surface area contributed by atoms with Gasteiger partial charge < -0.3 is 10.6 Å². The van der Waals surface area contributed by atoms with Gasteiger partial charge in [0.1, 0.15) is 0 Å². The molecule has 3 heterocycles. The second-order valence-corrected chi connectivity index (χ2v) is 8.31. The number of para-hydroxylation sites is 1. The van der Waals surface area contributed by atoms with Gasteiger partial charge in [0.15, 0.2) is 5.82 Å². The normalized spacial score (nSPS) is 24.3. The van der Waals surface area contributed by atoms with Crippen LogP contribution in [0.15, 0.2) is 47.8 Å². The number of nitrogens with two attached hydrogens (primary N) is 1. The van der Waals surface area contributed by atoms with Gasteiger partial charge in [0, 0.05) is 19.1 Å². The molecule has 5 rings (SSSR count). The molecule has 2 aliphatic rings. The molecular weight excluding hydrogens is 358 g/mol. The van der Waals surface area contributed by atoms with Crippen LogP contribution in [0.25, 0.3) is 16.4 Å². The average Bonchev–Trinajstić information content (AvgIpc) is 3.47. The fraction of sp³-hybridized carbons (Fsp3) is 0.350. The van der Waals surface area contributed by atoms with Gasteiger partial charge in [-0.3, -0.25) is 4.79 Å². The van der Waals surface area contributed by atoms with Crippen molar-refractivity contribution in [3.8, 4) is 16.4 Å². The summed E-state index contributed by atoms with van der Waals surface area (Å²) in [6.07, 6.45) is 2.18. The third kappa shape index (κ3) is 2.87. The van der Waals surface area contributed by atoms with Gasteiger partial charge >= 0.3 is 0 Å². The number of amides is 1. The smallest absolute Gasteiger partial charge is 0.293 e. The largest absolute Gasteiger partial charge is 0.335 e. The van der Waals surface area contributed by atoms with Gasteiger partial charge in [-0.25, -0.2) is 9.67 Å². The van der Waals surface area contributed by atoms with E-state index in [0.717, 1.165) is 36.5 Å². The van der Waals surface area contributed by atoms with E-state index in [-0.39, 0.29) is 17.8 Å². The van der Waals surface area contributed by atoms with E-state index < -0.39 is 0 Å². The van der Waals surface area contributed by atoms with E-state index >= 15 is 0 Å². The summed E-state index contributed by atoms with van der Waals surface area (Å²) in [6.45, 7) is 1.49. The Balaban J connectivity index is 1.49. The average molecular weight is 379 g/mol. The van der Waals surface area contributed by atoms with E-state index in [1.165, 1.54) is 0 Å². The SMILES string of the molecule is NC1CCC2CN(C(=O)c3nc(-c4cccs4)n(-c4ccccc4)n3)CC12. The van der Waals surface area contributed by atoms with E-state index in [4.69, 9.17) is 5.73 Å². The van der Waals surface area contributed by atoms with Crippen LogP contribution >= 0.6 is 11.3 Å². The fourth-order valence-corrected chi connectivity index (χ4v) is 5.03. The Morgan fingerprint density at radius 2 is 1.96 bits per heavy atom. The number of nitrogens with zero attached hydrogens (tertiary/aromatic N) is 4. The molecule has 1 saturated carbocycles. The van der Waals surface area contributed by atoms with Gasteiger partial charge in [0.2, 0.25) is 5.82 Å². The lowest BCUT2D eigenvalue weighted by atomic mass is 9.98. The molecule has 0 spiro atoms. The standard InChI is InChI=1S/C20H21N5OS/c21-16-9-8-13-11-24(12-15(13)16)20(26)18-22-19(17-7-4-10-27-17)25(23-18)14-5-2-1-3-6-14/h1-7,10,13,15-16H,8-9,11-12,21H2. The van der Waals surface area contributed by atoms with Crippen LogP contribution in [-0.4, -0.2) is 44.7 Å². The number of thiophene rings is 1. The zero-order chi connectivity index (χ0) is 18.4. The quantitative estimate of drug-likeness (QED) is 0.759. The minimum atomic E-state index is -0.0934. The lowest BCUT2D eigenvalue weighted by Crippen LogP contribution is -2.34. The van der Waals surface area contributed by atoms with Crippen LogP contribution in [0.1, 0.15) is 23.5 Å². The lowest BCUT2D eigenvalue weighted by molar-refractivity contribution is 0.0767. The molecule has 1 saturated heterocycles. The monoisotopic (exact) mass is 379 g/mol. The van der Waals surface area contributed by atoms with Crippen LogP contribution in [-0.2, 0) is 0 Å². The van der Waals surface area contributed by atoms with Crippen molar-refractivity contribution in [3.05, 3.63) is 53.7 Å². The number of rotatable bonds is 3.